The predicted molar refractivity (Wildman–Crippen MR) is 181 cm³/mol. The van der Waals surface area contributed by atoms with Crippen molar-refractivity contribution >= 4 is 23.2 Å². The van der Waals surface area contributed by atoms with Crippen LogP contribution in [0.2, 0.25) is 0 Å². The van der Waals surface area contributed by atoms with Crippen LogP contribution in [0.5, 0.6) is 0 Å². The molecule has 50 heavy (non-hydrogen) atoms. The number of urea groups is 1. The number of halogens is 5. The van der Waals surface area contributed by atoms with Gasteiger partial charge in [0.15, 0.2) is 5.78 Å². The molecule has 4 aliphatic carbocycles. The fraction of sp³-hybridized carbons (Fsp3) is 0.538. The van der Waals surface area contributed by atoms with Crippen molar-refractivity contribution in [1.29, 1.82) is 0 Å². The van der Waals surface area contributed by atoms with Crippen LogP contribution in [0.1, 0.15) is 88.2 Å². The number of aliphatic hydroxyl groups is 1. The maximum absolute atomic E-state index is 15.3. The van der Waals surface area contributed by atoms with Gasteiger partial charge >= 0.3 is 18.1 Å². The van der Waals surface area contributed by atoms with Gasteiger partial charge in [-0.05, 0) is 122 Å². The maximum Gasteiger partial charge on any atom is 0.456 e. The molecule has 2 aromatic rings. The molecular weight excluding hydrogens is 653 g/mol. The van der Waals surface area contributed by atoms with Crippen molar-refractivity contribution in [2.75, 3.05) is 23.3 Å². The minimum absolute atomic E-state index is 0.0374. The third-order valence-corrected chi connectivity index (χ3v) is 12.4. The minimum Gasteiger partial charge on any atom is -0.383 e. The number of hydrogen-bond acceptors (Lipinski definition) is 4. The smallest absolute Gasteiger partial charge is 0.383 e. The number of fused-ring (bicyclic) bond motifs is 4. The summed E-state index contributed by atoms with van der Waals surface area (Å²) >= 11 is 0. The van der Waals surface area contributed by atoms with Crippen LogP contribution in [0, 0.1) is 17.3 Å². The summed E-state index contributed by atoms with van der Waals surface area (Å²) < 4.78 is 72.1. The summed E-state index contributed by atoms with van der Waals surface area (Å²) in [6.45, 7) is 3.70. The first-order chi connectivity index (χ1) is 23.7. The Morgan fingerprint density at radius 1 is 0.940 bits per heavy atom. The zero-order valence-electron chi connectivity index (χ0n) is 28.2. The number of carbonyl (C=O) groups is 2. The van der Waals surface area contributed by atoms with Gasteiger partial charge in [0.05, 0.1) is 0 Å². The lowest BCUT2D eigenvalue weighted by Crippen LogP contribution is -2.65. The third kappa shape index (κ3) is 5.83. The van der Waals surface area contributed by atoms with E-state index in [1.54, 1.807) is 6.08 Å². The monoisotopic (exact) mass is 697 g/mol. The summed E-state index contributed by atoms with van der Waals surface area (Å²) in [7, 11) is 0. The summed E-state index contributed by atoms with van der Waals surface area (Å²) in [6, 6.07) is 14.7. The molecule has 2 saturated carbocycles. The number of hydrogen-bond donors (Lipinski definition) is 3. The second-order valence-electron chi connectivity index (χ2n) is 15.1. The molecule has 5 atom stereocenters. The van der Waals surface area contributed by atoms with Crippen LogP contribution < -0.4 is 15.5 Å². The van der Waals surface area contributed by atoms with E-state index in [0.717, 1.165) is 46.6 Å². The number of benzene rings is 2. The van der Waals surface area contributed by atoms with Gasteiger partial charge in [-0.25, -0.2) is 4.79 Å². The molecule has 1 saturated heterocycles. The highest BCUT2D eigenvalue weighted by Gasteiger charge is 2.79. The highest BCUT2D eigenvalue weighted by molar-refractivity contribution is 5.93. The van der Waals surface area contributed by atoms with Gasteiger partial charge in [0.1, 0.15) is 5.60 Å². The van der Waals surface area contributed by atoms with Crippen molar-refractivity contribution in [2.24, 2.45) is 17.3 Å². The van der Waals surface area contributed by atoms with E-state index in [1.807, 2.05) is 48.5 Å². The molecule has 7 rings (SSSR count). The fourth-order valence-electron chi connectivity index (χ4n) is 9.85. The molecular formula is C39H44F5N3O3. The van der Waals surface area contributed by atoms with Crippen molar-refractivity contribution in [3.8, 4) is 0 Å². The number of anilines is 2. The number of nitrogens with zero attached hydrogens (tertiary/aromatic N) is 1. The average Bonchev–Trinajstić information content (AvgIpc) is 3.38. The molecule has 0 spiro atoms. The molecule has 0 radical (unpaired) electrons. The van der Waals surface area contributed by atoms with E-state index in [1.165, 1.54) is 26.2 Å². The summed E-state index contributed by atoms with van der Waals surface area (Å²) in [5, 5.41) is 17.2. The van der Waals surface area contributed by atoms with Crippen molar-refractivity contribution < 1.29 is 36.6 Å². The van der Waals surface area contributed by atoms with Gasteiger partial charge in [-0.3, -0.25) is 4.79 Å². The van der Waals surface area contributed by atoms with E-state index in [-0.39, 0.29) is 37.1 Å². The number of alkyl halides is 5. The summed E-state index contributed by atoms with van der Waals surface area (Å²) in [5.74, 6) is -6.59. The zero-order valence-corrected chi connectivity index (χ0v) is 28.2. The van der Waals surface area contributed by atoms with Crippen LogP contribution in [-0.2, 0) is 11.3 Å². The molecule has 268 valence electrons. The number of carbonyl (C=O) groups excluding carboxylic acids is 2. The third-order valence-electron chi connectivity index (χ3n) is 12.4. The molecule has 2 unspecified atom stereocenters. The Labute approximate surface area is 289 Å². The molecule has 3 fully saturated rings. The lowest BCUT2D eigenvalue weighted by atomic mass is 9.50. The van der Waals surface area contributed by atoms with Crippen LogP contribution in [0.25, 0.3) is 0 Å². The predicted octanol–water partition coefficient (Wildman–Crippen LogP) is 8.83. The van der Waals surface area contributed by atoms with E-state index in [0.29, 0.717) is 31.4 Å². The Bertz CT molecular complexity index is 1700. The average molecular weight is 698 g/mol. The highest BCUT2D eigenvalue weighted by Crippen LogP contribution is 2.70. The summed E-state index contributed by atoms with van der Waals surface area (Å²) in [5.41, 5.74) is 1.36. The highest BCUT2D eigenvalue weighted by atomic mass is 19.4. The molecule has 6 nitrogen and oxygen atoms in total. The Hall–Kier alpha value is -3.73. The van der Waals surface area contributed by atoms with E-state index in [9.17, 15) is 27.9 Å². The lowest BCUT2D eigenvalue weighted by Gasteiger charge is -2.56. The maximum atomic E-state index is 15.3. The van der Waals surface area contributed by atoms with Gasteiger partial charge in [-0.15, -0.1) is 0 Å². The number of amides is 2. The Balaban J connectivity index is 1.11. The topological polar surface area (TPSA) is 81.7 Å². The van der Waals surface area contributed by atoms with Crippen LogP contribution in [0.4, 0.5) is 38.1 Å². The molecule has 2 aromatic carbocycles. The number of allylic oxidation sites excluding steroid dienone is 4. The van der Waals surface area contributed by atoms with E-state index >= 15 is 8.78 Å². The first kappa shape index (κ1) is 34.7. The van der Waals surface area contributed by atoms with E-state index < -0.39 is 41.4 Å². The van der Waals surface area contributed by atoms with Gasteiger partial charge < -0.3 is 20.6 Å². The van der Waals surface area contributed by atoms with Crippen molar-refractivity contribution in [2.45, 2.75) is 101 Å². The van der Waals surface area contributed by atoms with Gasteiger partial charge in [-0.2, -0.15) is 22.0 Å². The van der Waals surface area contributed by atoms with Crippen molar-refractivity contribution in [3.05, 3.63) is 82.5 Å². The minimum atomic E-state index is -5.89. The molecule has 5 aliphatic rings. The van der Waals surface area contributed by atoms with Crippen LogP contribution in [0.3, 0.4) is 0 Å². The molecule has 3 N–H and O–H groups in total. The molecule has 1 heterocycles. The number of nitrogens with one attached hydrogen (secondary N) is 2. The van der Waals surface area contributed by atoms with Gasteiger partial charge in [0, 0.05) is 48.8 Å². The zero-order chi connectivity index (χ0) is 35.5. The number of rotatable bonds is 6. The Morgan fingerprint density at radius 2 is 1.64 bits per heavy atom. The second kappa shape index (κ2) is 12.8. The molecule has 1 aliphatic heterocycles. The second-order valence-corrected chi connectivity index (χ2v) is 15.1. The fourth-order valence-corrected chi connectivity index (χ4v) is 9.85. The largest absolute Gasteiger partial charge is 0.456 e. The Kier molecular flexibility index (Phi) is 8.88. The van der Waals surface area contributed by atoms with Crippen LogP contribution in [0.15, 0.2) is 71.3 Å². The van der Waals surface area contributed by atoms with Gasteiger partial charge in [0.25, 0.3) is 0 Å². The first-order valence-electron chi connectivity index (χ1n) is 17.8. The molecule has 11 heteroatoms. The molecule has 0 bridgehead atoms. The van der Waals surface area contributed by atoms with Crippen molar-refractivity contribution in [1.82, 2.24) is 5.32 Å². The van der Waals surface area contributed by atoms with Gasteiger partial charge in [0.2, 0.25) is 0 Å². The Morgan fingerprint density at radius 3 is 2.32 bits per heavy atom. The number of ketones is 1. The molecule has 2 amide bonds. The van der Waals surface area contributed by atoms with E-state index in [4.69, 9.17) is 0 Å². The lowest BCUT2D eigenvalue weighted by molar-refractivity contribution is -0.362. The standard InChI is InChI=1S/C39H44F5N3O3/c1-36-22-32(25-7-5-24(6-8-25)23-45-35(49)46-27-10-12-28(13-11-27)47-19-3-2-4-20-47)34-30-16-14-29(48)21-26(30)9-15-31(34)33(36)17-18-37(36,50)38(40,41)39(42,43)44/h5-8,10-13,21,31-33,50H,2-4,9,14-20,22-23H2,1H3,(H2,45,46,49)/t31?,32-,33?,36+,37+/m1/s1. The normalized spacial score (nSPS) is 29.9. The summed E-state index contributed by atoms with van der Waals surface area (Å²) in [4.78, 5) is 27.4. The van der Waals surface area contributed by atoms with Crippen LogP contribution >= 0.6 is 0 Å². The first-order valence-corrected chi connectivity index (χ1v) is 17.8. The van der Waals surface area contributed by atoms with E-state index in [2.05, 4.69) is 15.5 Å². The number of piperidine rings is 1. The van der Waals surface area contributed by atoms with Gasteiger partial charge in [-0.1, -0.05) is 36.8 Å². The quantitative estimate of drug-likeness (QED) is 0.264. The molecule has 0 aromatic heterocycles. The summed E-state index contributed by atoms with van der Waals surface area (Å²) in [6.07, 6.45) is 0.650. The van der Waals surface area contributed by atoms with Crippen LogP contribution in [-0.4, -0.2) is 47.7 Å². The van der Waals surface area contributed by atoms with Crippen molar-refractivity contribution in [3.63, 3.8) is 0 Å². The SMILES string of the molecule is C[C@]12C[C@H](c3ccc(CNC(=O)Nc4ccc(N5CCCCC5)cc4)cc3)C3=C4CCC(=O)C=C4CCC3C1CC[C@@]2(O)C(F)(F)C(F)(F)F.